The summed E-state index contributed by atoms with van der Waals surface area (Å²) in [4.78, 5) is 28.6. The molecule has 0 aliphatic carbocycles. The van der Waals surface area contributed by atoms with E-state index < -0.39 is 5.97 Å². The van der Waals surface area contributed by atoms with Crippen molar-refractivity contribution in [1.29, 1.82) is 0 Å². The van der Waals surface area contributed by atoms with Gasteiger partial charge in [0.05, 0.1) is 24.7 Å². The van der Waals surface area contributed by atoms with E-state index in [2.05, 4.69) is 4.98 Å². The zero-order valence-electron chi connectivity index (χ0n) is 12.1. The molecule has 2 rings (SSSR count). The molecule has 0 saturated carbocycles. The standard InChI is InChI=1S/C15H20N2O4/c1-11-2-3-12(10-16-11)15(20)17-7-4-13(5-8-17)21-9-6-14(18)19/h2-3,10,13H,4-9H2,1H3,(H,18,19). The van der Waals surface area contributed by atoms with E-state index in [-0.39, 0.29) is 25.0 Å². The van der Waals surface area contributed by atoms with Gasteiger partial charge in [0.1, 0.15) is 0 Å². The van der Waals surface area contributed by atoms with E-state index >= 15 is 0 Å². The first-order valence-electron chi connectivity index (χ1n) is 7.11. The van der Waals surface area contributed by atoms with Crippen LogP contribution in [0.5, 0.6) is 0 Å². The normalized spacial score (nSPS) is 16.0. The predicted octanol–water partition coefficient (Wildman–Crippen LogP) is 1.49. The van der Waals surface area contributed by atoms with Crippen molar-refractivity contribution in [2.24, 2.45) is 0 Å². The van der Waals surface area contributed by atoms with E-state index in [4.69, 9.17) is 9.84 Å². The van der Waals surface area contributed by atoms with Gasteiger partial charge in [-0.25, -0.2) is 0 Å². The van der Waals surface area contributed by atoms with Crippen LogP contribution in [-0.4, -0.2) is 52.7 Å². The van der Waals surface area contributed by atoms with Crippen molar-refractivity contribution in [2.75, 3.05) is 19.7 Å². The Morgan fingerprint density at radius 3 is 2.67 bits per heavy atom. The van der Waals surface area contributed by atoms with Crippen LogP contribution in [0.2, 0.25) is 0 Å². The number of carbonyl (C=O) groups is 2. The summed E-state index contributed by atoms with van der Waals surface area (Å²) >= 11 is 0. The minimum absolute atomic E-state index is 0.00788. The maximum atomic E-state index is 12.3. The molecular weight excluding hydrogens is 272 g/mol. The number of aliphatic carboxylic acids is 1. The highest BCUT2D eigenvalue weighted by molar-refractivity contribution is 5.93. The van der Waals surface area contributed by atoms with E-state index in [9.17, 15) is 9.59 Å². The molecule has 6 heteroatoms. The minimum atomic E-state index is -0.852. The number of aromatic nitrogens is 1. The number of ether oxygens (including phenoxy) is 1. The van der Waals surface area contributed by atoms with Crippen LogP contribution in [0.25, 0.3) is 0 Å². The quantitative estimate of drug-likeness (QED) is 0.889. The summed E-state index contributed by atoms with van der Waals surface area (Å²) in [6.07, 6.45) is 3.15. The molecule has 1 amide bonds. The molecular formula is C15H20N2O4. The number of amides is 1. The summed E-state index contributed by atoms with van der Waals surface area (Å²) in [5.41, 5.74) is 1.49. The third-order valence-electron chi connectivity index (χ3n) is 3.56. The fourth-order valence-corrected chi connectivity index (χ4v) is 2.32. The SMILES string of the molecule is Cc1ccc(C(=O)N2CCC(OCCC(=O)O)CC2)cn1. The van der Waals surface area contributed by atoms with Crippen molar-refractivity contribution >= 4 is 11.9 Å². The van der Waals surface area contributed by atoms with E-state index in [0.29, 0.717) is 18.7 Å². The Labute approximate surface area is 123 Å². The number of pyridine rings is 1. The van der Waals surface area contributed by atoms with Gasteiger partial charge in [-0.15, -0.1) is 0 Å². The van der Waals surface area contributed by atoms with Gasteiger partial charge in [0.15, 0.2) is 0 Å². The molecule has 1 aromatic heterocycles. The molecule has 0 radical (unpaired) electrons. The molecule has 1 N–H and O–H groups in total. The van der Waals surface area contributed by atoms with Gasteiger partial charge in [0.2, 0.25) is 0 Å². The van der Waals surface area contributed by atoms with Crippen molar-refractivity contribution < 1.29 is 19.4 Å². The number of nitrogens with zero attached hydrogens (tertiary/aromatic N) is 2. The monoisotopic (exact) mass is 292 g/mol. The average molecular weight is 292 g/mol. The number of piperidine rings is 1. The van der Waals surface area contributed by atoms with E-state index in [1.165, 1.54) is 0 Å². The lowest BCUT2D eigenvalue weighted by Gasteiger charge is -2.31. The number of carbonyl (C=O) groups excluding carboxylic acids is 1. The Bertz CT molecular complexity index is 493. The van der Waals surface area contributed by atoms with Crippen LogP contribution in [0.3, 0.4) is 0 Å². The highest BCUT2D eigenvalue weighted by atomic mass is 16.5. The van der Waals surface area contributed by atoms with Gasteiger partial charge in [-0.2, -0.15) is 0 Å². The van der Waals surface area contributed by atoms with Gasteiger partial charge in [0.25, 0.3) is 5.91 Å². The molecule has 21 heavy (non-hydrogen) atoms. The molecule has 2 heterocycles. The maximum Gasteiger partial charge on any atom is 0.305 e. The molecule has 0 unspecified atom stereocenters. The Balaban J connectivity index is 1.79. The second kappa shape index (κ2) is 7.17. The molecule has 0 aromatic carbocycles. The summed E-state index contributed by atoms with van der Waals surface area (Å²) in [6.45, 7) is 3.37. The van der Waals surface area contributed by atoms with Crippen molar-refractivity contribution in [2.45, 2.75) is 32.3 Å². The third-order valence-corrected chi connectivity index (χ3v) is 3.56. The summed E-state index contributed by atoms with van der Waals surface area (Å²) in [7, 11) is 0. The number of likely N-dealkylation sites (tertiary alicyclic amines) is 1. The fraction of sp³-hybridized carbons (Fsp3) is 0.533. The molecule has 1 aliphatic rings. The van der Waals surface area contributed by atoms with Gasteiger partial charge in [-0.1, -0.05) is 0 Å². The van der Waals surface area contributed by atoms with Crippen molar-refractivity contribution in [3.63, 3.8) is 0 Å². The van der Waals surface area contributed by atoms with Crippen LogP contribution in [-0.2, 0) is 9.53 Å². The zero-order chi connectivity index (χ0) is 15.2. The number of rotatable bonds is 5. The summed E-state index contributed by atoms with van der Waals surface area (Å²) < 4.78 is 5.51. The highest BCUT2D eigenvalue weighted by Crippen LogP contribution is 2.16. The fourth-order valence-electron chi connectivity index (χ4n) is 2.32. The van der Waals surface area contributed by atoms with Crippen LogP contribution in [0.4, 0.5) is 0 Å². The molecule has 0 spiro atoms. The van der Waals surface area contributed by atoms with Gasteiger partial charge >= 0.3 is 5.97 Å². The second-order valence-corrected chi connectivity index (χ2v) is 5.19. The molecule has 1 aliphatic heterocycles. The Morgan fingerprint density at radius 2 is 2.10 bits per heavy atom. The van der Waals surface area contributed by atoms with Crippen LogP contribution in [0, 0.1) is 6.92 Å². The van der Waals surface area contributed by atoms with Crippen LogP contribution >= 0.6 is 0 Å². The molecule has 1 fully saturated rings. The number of hydrogen-bond acceptors (Lipinski definition) is 4. The number of carboxylic acids is 1. The molecule has 0 bridgehead atoms. The average Bonchev–Trinajstić information content (AvgIpc) is 2.48. The van der Waals surface area contributed by atoms with Crippen molar-refractivity contribution in [3.8, 4) is 0 Å². The molecule has 1 saturated heterocycles. The van der Waals surface area contributed by atoms with Crippen LogP contribution in [0.15, 0.2) is 18.3 Å². The largest absolute Gasteiger partial charge is 0.481 e. The lowest BCUT2D eigenvalue weighted by molar-refractivity contribution is -0.138. The van der Waals surface area contributed by atoms with Gasteiger partial charge in [0, 0.05) is 25.0 Å². The second-order valence-electron chi connectivity index (χ2n) is 5.19. The Morgan fingerprint density at radius 1 is 1.38 bits per heavy atom. The molecule has 1 aromatic rings. The van der Waals surface area contributed by atoms with Gasteiger partial charge < -0.3 is 14.7 Å². The number of hydrogen-bond donors (Lipinski definition) is 1. The lowest BCUT2D eigenvalue weighted by atomic mass is 10.1. The van der Waals surface area contributed by atoms with Crippen LogP contribution in [0.1, 0.15) is 35.3 Å². The van der Waals surface area contributed by atoms with Gasteiger partial charge in [-0.05, 0) is 31.9 Å². The van der Waals surface area contributed by atoms with Crippen molar-refractivity contribution in [1.82, 2.24) is 9.88 Å². The number of carboxylic acid groups (broad SMARTS) is 1. The predicted molar refractivity (Wildman–Crippen MR) is 76.1 cm³/mol. The summed E-state index contributed by atoms with van der Waals surface area (Å²) in [6, 6.07) is 3.62. The summed E-state index contributed by atoms with van der Waals surface area (Å²) in [5.74, 6) is -0.860. The first-order valence-corrected chi connectivity index (χ1v) is 7.11. The molecule has 114 valence electrons. The first kappa shape index (κ1) is 15.4. The third kappa shape index (κ3) is 4.53. The maximum absolute atomic E-state index is 12.3. The first-order chi connectivity index (χ1) is 10.1. The lowest BCUT2D eigenvalue weighted by Crippen LogP contribution is -2.41. The Kier molecular flexibility index (Phi) is 5.27. The minimum Gasteiger partial charge on any atom is -0.481 e. The van der Waals surface area contributed by atoms with E-state index in [1.807, 2.05) is 13.0 Å². The van der Waals surface area contributed by atoms with Gasteiger partial charge in [-0.3, -0.25) is 14.6 Å². The topological polar surface area (TPSA) is 79.7 Å². The van der Waals surface area contributed by atoms with Crippen LogP contribution < -0.4 is 0 Å². The van der Waals surface area contributed by atoms with E-state index in [1.54, 1.807) is 17.2 Å². The number of aryl methyl sites for hydroxylation is 1. The van der Waals surface area contributed by atoms with E-state index in [0.717, 1.165) is 18.5 Å². The van der Waals surface area contributed by atoms with Crippen molar-refractivity contribution in [3.05, 3.63) is 29.6 Å². The smallest absolute Gasteiger partial charge is 0.305 e. The zero-order valence-corrected chi connectivity index (χ0v) is 12.1. The summed E-state index contributed by atoms with van der Waals surface area (Å²) in [5, 5.41) is 8.56. The molecule has 0 atom stereocenters. The Hall–Kier alpha value is -1.95. The highest BCUT2D eigenvalue weighted by Gasteiger charge is 2.24. The molecule has 6 nitrogen and oxygen atoms in total.